The van der Waals surface area contributed by atoms with Crippen molar-refractivity contribution in [2.75, 3.05) is 0 Å². The van der Waals surface area contributed by atoms with Crippen LogP contribution in [0, 0.1) is 0 Å². The molecule has 12 aromatic rings. The number of nitrogens with one attached hydrogen (secondary N) is 4. The highest BCUT2D eigenvalue weighted by Crippen LogP contribution is 2.40. The lowest BCUT2D eigenvalue weighted by Gasteiger charge is -2.09. The molecule has 8 heteroatoms. The summed E-state index contributed by atoms with van der Waals surface area (Å²) < 4.78 is 0. The zero-order valence-corrected chi connectivity index (χ0v) is 45.3. The van der Waals surface area contributed by atoms with Crippen LogP contribution in [-0.4, -0.2) is 39.9 Å². The SMILES string of the molecule is C1=Cc2nc1cc1ccc([nH]1)c(-c1ccccc1)c1nc(cc3ccc([nH]3)c2-c2ccc(-c3ccc(-c4c5nc(c(-c6ccccc6)c6ccc([nH]6)c(-c6ccccc6)c6nc(c(-c7ccccc7)c7ccc4[nH]7)C=C6)C=C5)cc3)cc2)C=C1. The summed E-state index contributed by atoms with van der Waals surface area (Å²) in [6, 6.07) is 81.1. The molecular weight excluding hydrogens is 1020 g/mol. The van der Waals surface area contributed by atoms with Crippen molar-refractivity contribution in [3.8, 4) is 77.9 Å². The maximum Gasteiger partial charge on any atom is 0.0737 e. The summed E-state index contributed by atoms with van der Waals surface area (Å²) in [7, 11) is 0. The maximum absolute atomic E-state index is 5.54. The van der Waals surface area contributed by atoms with Crippen molar-refractivity contribution in [3.63, 3.8) is 0 Å². The first-order chi connectivity index (χ1) is 41.6. The molecule has 0 atom stereocenters. The summed E-state index contributed by atoms with van der Waals surface area (Å²) >= 11 is 0. The monoisotopic (exact) mass is 1070 g/mol. The number of fused-ring (bicyclic) bond motifs is 16. The molecule has 16 bridgehead atoms. The predicted molar refractivity (Wildman–Crippen MR) is 349 cm³/mol. The summed E-state index contributed by atoms with van der Waals surface area (Å²) in [6.45, 7) is 0. The average Bonchev–Trinajstić information content (AvgIpc) is 3.81. The molecule has 4 aliphatic heterocycles. The molecule has 0 amide bonds. The molecule has 4 aliphatic rings. The Balaban J connectivity index is 0.829. The minimum absolute atomic E-state index is 0.858. The van der Waals surface area contributed by atoms with Crippen LogP contribution >= 0.6 is 0 Å². The molecule has 0 fully saturated rings. The highest BCUT2D eigenvalue weighted by Gasteiger charge is 2.20. The zero-order valence-electron chi connectivity index (χ0n) is 45.3. The number of aromatic nitrogens is 8. The molecule has 0 radical (unpaired) electrons. The smallest absolute Gasteiger partial charge is 0.0737 e. The molecule has 0 saturated heterocycles. The van der Waals surface area contributed by atoms with Gasteiger partial charge in [-0.05, 0) is 154 Å². The zero-order chi connectivity index (χ0) is 55.5. The largest absolute Gasteiger partial charge is 0.355 e. The van der Waals surface area contributed by atoms with Gasteiger partial charge < -0.3 is 19.9 Å². The van der Waals surface area contributed by atoms with Gasteiger partial charge in [0.15, 0.2) is 0 Å². The second-order valence-corrected chi connectivity index (χ2v) is 21.3. The van der Waals surface area contributed by atoms with E-state index in [-0.39, 0.29) is 0 Å². The van der Waals surface area contributed by atoms with Gasteiger partial charge in [0.05, 0.1) is 45.6 Å². The lowest BCUT2D eigenvalue weighted by atomic mass is 9.97. The van der Waals surface area contributed by atoms with E-state index in [0.29, 0.717) is 0 Å². The van der Waals surface area contributed by atoms with E-state index in [1.807, 2.05) is 6.07 Å². The molecule has 394 valence electrons. The second kappa shape index (κ2) is 20.3. The van der Waals surface area contributed by atoms with E-state index in [0.717, 1.165) is 168 Å². The first-order valence-electron chi connectivity index (χ1n) is 28.3. The average molecular weight is 1080 g/mol. The maximum atomic E-state index is 5.54. The van der Waals surface area contributed by atoms with Gasteiger partial charge in [0.25, 0.3) is 0 Å². The van der Waals surface area contributed by atoms with E-state index in [1.54, 1.807) is 0 Å². The summed E-state index contributed by atoms with van der Waals surface area (Å²) in [5.74, 6) is 0. The molecule has 0 aliphatic carbocycles. The van der Waals surface area contributed by atoms with Crippen LogP contribution in [0.3, 0.4) is 0 Å². The molecule has 6 aromatic heterocycles. The third kappa shape index (κ3) is 8.83. The Morgan fingerprint density at radius 3 is 0.738 bits per heavy atom. The Labute approximate surface area is 484 Å². The molecule has 0 saturated carbocycles. The second-order valence-electron chi connectivity index (χ2n) is 21.3. The van der Waals surface area contributed by atoms with Crippen LogP contribution in [-0.2, 0) is 0 Å². The Morgan fingerprint density at radius 1 is 0.190 bits per heavy atom. The van der Waals surface area contributed by atoms with Gasteiger partial charge in [0, 0.05) is 77.5 Å². The number of H-pyrrole nitrogens is 4. The van der Waals surface area contributed by atoms with Crippen LogP contribution in [0.25, 0.3) is 171 Å². The topological polar surface area (TPSA) is 115 Å². The molecular formula is C76H50N8. The number of rotatable bonds is 7. The highest BCUT2D eigenvalue weighted by atomic mass is 14.8. The van der Waals surface area contributed by atoms with Crippen molar-refractivity contribution < 1.29 is 0 Å². The Morgan fingerprint density at radius 2 is 0.429 bits per heavy atom. The first-order valence-corrected chi connectivity index (χ1v) is 28.3. The number of hydrogen-bond donors (Lipinski definition) is 4. The summed E-state index contributed by atoms with van der Waals surface area (Å²) in [4.78, 5) is 36.5. The molecule has 4 N–H and O–H groups in total. The molecule has 84 heavy (non-hydrogen) atoms. The van der Waals surface area contributed by atoms with Crippen LogP contribution < -0.4 is 0 Å². The van der Waals surface area contributed by atoms with Crippen LogP contribution in [0.5, 0.6) is 0 Å². The number of hydrogen-bond acceptors (Lipinski definition) is 4. The Hall–Kier alpha value is -11.5. The third-order valence-corrected chi connectivity index (χ3v) is 16.1. The van der Waals surface area contributed by atoms with Gasteiger partial charge in [-0.25, -0.2) is 19.9 Å². The lowest BCUT2D eigenvalue weighted by molar-refractivity contribution is 1.31. The normalized spacial score (nSPS) is 12.3. The van der Waals surface area contributed by atoms with Gasteiger partial charge in [-0.2, -0.15) is 0 Å². The number of nitrogens with zero attached hydrogens (tertiary/aromatic N) is 4. The van der Waals surface area contributed by atoms with E-state index in [1.165, 1.54) is 0 Å². The van der Waals surface area contributed by atoms with Crippen molar-refractivity contribution >= 4 is 92.7 Å². The van der Waals surface area contributed by atoms with Crippen molar-refractivity contribution in [3.05, 3.63) is 276 Å². The molecule has 6 aromatic carbocycles. The third-order valence-electron chi connectivity index (χ3n) is 16.1. The number of benzene rings is 6. The van der Waals surface area contributed by atoms with E-state index in [4.69, 9.17) is 19.9 Å². The van der Waals surface area contributed by atoms with Crippen molar-refractivity contribution in [2.24, 2.45) is 0 Å². The summed E-state index contributed by atoms with van der Waals surface area (Å²) in [5, 5.41) is 0. The van der Waals surface area contributed by atoms with E-state index in [9.17, 15) is 0 Å². The highest BCUT2D eigenvalue weighted by molar-refractivity contribution is 6.01. The Kier molecular flexibility index (Phi) is 11.7. The fraction of sp³-hybridized carbons (Fsp3) is 0. The molecule has 0 spiro atoms. The molecule has 10 heterocycles. The van der Waals surface area contributed by atoms with E-state index < -0.39 is 0 Å². The standard InChI is InChI=1S/C76H50N8/c1-5-13-49(14-6-1)71-59-33-29-55(77-59)45-57-31-35-61(79-57)75(62-36-32-58(80-62)46-56-30-34-60(71)78-56)53-25-21-47(22-26-53)48-23-27-54(28-24-48)76-69-43-41-67(83-69)73(51-17-9-3-10-18-51)65-39-37-63(81-65)72(50-15-7-2-8-16-50)64-38-40-66(82-64)74(52-19-11-4-12-20-52)68-42-44-70(76)84-68/h1-46,77,80-81,84H. The summed E-state index contributed by atoms with van der Waals surface area (Å²) in [5.41, 5.74) is 29.4. The minimum Gasteiger partial charge on any atom is -0.355 e. The van der Waals surface area contributed by atoms with E-state index in [2.05, 4.69) is 293 Å². The van der Waals surface area contributed by atoms with Crippen LogP contribution in [0.1, 0.15) is 45.6 Å². The summed E-state index contributed by atoms with van der Waals surface area (Å²) in [6.07, 6.45) is 17.0. The first kappa shape index (κ1) is 48.4. The molecule has 8 nitrogen and oxygen atoms in total. The van der Waals surface area contributed by atoms with Gasteiger partial charge in [-0.1, -0.05) is 170 Å². The quantitative estimate of drug-likeness (QED) is 0.127. The van der Waals surface area contributed by atoms with Crippen LogP contribution in [0.15, 0.2) is 231 Å². The van der Waals surface area contributed by atoms with Gasteiger partial charge in [0.1, 0.15) is 0 Å². The number of aromatic amines is 4. The lowest BCUT2D eigenvalue weighted by Crippen LogP contribution is -1.90. The predicted octanol–water partition coefficient (Wildman–Crippen LogP) is 19.3. The van der Waals surface area contributed by atoms with Crippen molar-refractivity contribution in [2.45, 2.75) is 0 Å². The van der Waals surface area contributed by atoms with Crippen LogP contribution in [0.4, 0.5) is 0 Å². The fourth-order valence-electron chi connectivity index (χ4n) is 12.2. The van der Waals surface area contributed by atoms with Crippen LogP contribution in [0.2, 0.25) is 0 Å². The van der Waals surface area contributed by atoms with E-state index >= 15 is 0 Å². The molecule has 16 rings (SSSR count). The van der Waals surface area contributed by atoms with Gasteiger partial charge in [-0.15, -0.1) is 0 Å². The van der Waals surface area contributed by atoms with Crippen molar-refractivity contribution in [1.29, 1.82) is 0 Å². The fourth-order valence-corrected chi connectivity index (χ4v) is 12.2. The van der Waals surface area contributed by atoms with Crippen molar-refractivity contribution in [1.82, 2.24) is 39.9 Å². The minimum atomic E-state index is 0.858. The Bertz CT molecular complexity index is 5040. The van der Waals surface area contributed by atoms with Gasteiger partial charge >= 0.3 is 0 Å². The van der Waals surface area contributed by atoms with Gasteiger partial charge in [-0.3, -0.25) is 0 Å². The van der Waals surface area contributed by atoms with Gasteiger partial charge in [0.2, 0.25) is 0 Å². The molecule has 0 unspecified atom stereocenters.